The van der Waals surface area contributed by atoms with E-state index in [0.29, 0.717) is 24.8 Å². The van der Waals surface area contributed by atoms with Crippen molar-refractivity contribution >= 4 is 42.6 Å². The molecule has 0 spiro atoms. The van der Waals surface area contributed by atoms with Crippen LogP contribution in [0.2, 0.25) is 0 Å². The summed E-state index contributed by atoms with van der Waals surface area (Å²) in [6.07, 6.45) is 2.73. The van der Waals surface area contributed by atoms with Crippen LogP contribution in [0.1, 0.15) is 36.5 Å². The first-order valence-corrected chi connectivity index (χ1v) is 12.0. The van der Waals surface area contributed by atoms with E-state index in [-0.39, 0.29) is 16.4 Å². The number of aromatic nitrogens is 1. The number of anilines is 1. The molecule has 0 bridgehead atoms. The van der Waals surface area contributed by atoms with Gasteiger partial charge in [0.2, 0.25) is 10.0 Å². The van der Waals surface area contributed by atoms with Crippen molar-refractivity contribution in [1.82, 2.24) is 9.29 Å². The topological polar surface area (TPSA) is 70.6 Å². The maximum Gasteiger partial charge on any atom is 0.261 e. The Labute approximate surface area is 174 Å². The number of piperidine rings is 1. The van der Waals surface area contributed by atoms with Crippen LogP contribution in [0, 0.1) is 0 Å². The summed E-state index contributed by atoms with van der Waals surface area (Å²) in [5.41, 5.74) is 1.02. The van der Waals surface area contributed by atoms with Gasteiger partial charge < -0.3 is 0 Å². The number of amides is 1. The van der Waals surface area contributed by atoms with E-state index in [2.05, 4.69) is 4.98 Å². The minimum Gasteiger partial charge on any atom is -0.284 e. The number of sulfonamides is 1. The molecule has 152 valence electrons. The fourth-order valence-electron chi connectivity index (χ4n) is 3.60. The predicted molar refractivity (Wildman–Crippen MR) is 116 cm³/mol. The normalized spacial score (nSPS) is 15.5. The zero-order valence-corrected chi connectivity index (χ0v) is 17.9. The van der Waals surface area contributed by atoms with Gasteiger partial charge in [-0.2, -0.15) is 4.31 Å². The Balaban J connectivity index is 1.73. The number of carbonyl (C=O) groups excluding carboxylic acids is 1. The van der Waals surface area contributed by atoms with Crippen LogP contribution in [0.3, 0.4) is 0 Å². The first-order chi connectivity index (χ1) is 14.0. The number of fused-ring (bicyclic) bond motifs is 1. The fraction of sp³-hybridized carbons (Fsp3) is 0.333. The van der Waals surface area contributed by atoms with Gasteiger partial charge in [-0.25, -0.2) is 13.4 Å². The molecule has 6 nitrogen and oxygen atoms in total. The number of carbonyl (C=O) groups is 1. The Morgan fingerprint density at radius 2 is 1.76 bits per heavy atom. The highest BCUT2D eigenvalue weighted by Crippen LogP contribution is 2.31. The monoisotopic (exact) mass is 429 g/mol. The number of benzene rings is 2. The number of rotatable bonds is 5. The van der Waals surface area contributed by atoms with Crippen LogP contribution in [0.15, 0.2) is 53.4 Å². The lowest BCUT2D eigenvalue weighted by molar-refractivity contribution is 0.0985. The molecule has 1 aliphatic rings. The average Bonchev–Trinajstić information content (AvgIpc) is 3.18. The van der Waals surface area contributed by atoms with Gasteiger partial charge in [0.05, 0.1) is 20.7 Å². The third-order valence-electron chi connectivity index (χ3n) is 5.13. The summed E-state index contributed by atoms with van der Waals surface area (Å²) < 4.78 is 29.0. The van der Waals surface area contributed by atoms with E-state index >= 15 is 0 Å². The zero-order valence-electron chi connectivity index (χ0n) is 16.2. The Bertz CT molecular complexity index is 1100. The zero-order chi connectivity index (χ0) is 20.4. The molecule has 0 radical (unpaired) electrons. The minimum atomic E-state index is -3.72. The molecular weight excluding hydrogens is 406 g/mol. The molecule has 3 aromatic rings. The predicted octanol–water partition coefficient (Wildman–Crippen LogP) is 4.14. The number of hydrogen-bond acceptors (Lipinski definition) is 5. The highest BCUT2D eigenvalue weighted by atomic mass is 32.2. The van der Waals surface area contributed by atoms with Gasteiger partial charge in [-0.05, 0) is 44.0 Å². The van der Waals surface area contributed by atoms with Gasteiger partial charge in [0, 0.05) is 19.6 Å². The molecule has 1 aliphatic heterocycles. The quantitative estimate of drug-likeness (QED) is 0.611. The van der Waals surface area contributed by atoms with Crippen LogP contribution in [0.5, 0.6) is 0 Å². The molecule has 0 saturated carbocycles. The van der Waals surface area contributed by atoms with Crippen molar-refractivity contribution in [1.29, 1.82) is 0 Å². The number of nitrogens with zero attached hydrogens (tertiary/aromatic N) is 3. The smallest absolute Gasteiger partial charge is 0.261 e. The first kappa shape index (κ1) is 20.0. The summed E-state index contributed by atoms with van der Waals surface area (Å²) in [5, 5.41) is 0.573. The number of para-hydroxylation sites is 1. The molecule has 0 atom stereocenters. The maximum atomic E-state index is 13.4. The molecule has 0 N–H and O–H groups in total. The lowest BCUT2D eigenvalue weighted by Gasteiger charge is -2.27. The molecule has 0 aliphatic carbocycles. The van der Waals surface area contributed by atoms with E-state index < -0.39 is 10.0 Å². The van der Waals surface area contributed by atoms with Crippen LogP contribution in [-0.4, -0.2) is 43.2 Å². The van der Waals surface area contributed by atoms with Gasteiger partial charge in [0.25, 0.3) is 5.91 Å². The number of thiazole rings is 1. The summed E-state index contributed by atoms with van der Waals surface area (Å²) in [6.45, 7) is 3.27. The third kappa shape index (κ3) is 3.80. The van der Waals surface area contributed by atoms with Crippen molar-refractivity contribution in [2.45, 2.75) is 31.1 Å². The van der Waals surface area contributed by atoms with Crippen molar-refractivity contribution in [3.63, 3.8) is 0 Å². The summed E-state index contributed by atoms with van der Waals surface area (Å²) >= 11 is 1.43. The van der Waals surface area contributed by atoms with E-state index in [0.717, 1.165) is 29.5 Å². The highest BCUT2D eigenvalue weighted by molar-refractivity contribution is 7.89. The second kappa shape index (κ2) is 8.22. The van der Waals surface area contributed by atoms with Crippen LogP contribution in [0.4, 0.5) is 5.13 Å². The van der Waals surface area contributed by atoms with Gasteiger partial charge in [-0.1, -0.05) is 42.0 Å². The molecular formula is C21H23N3O3S2. The van der Waals surface area contributed by atoms with E-state index in [1.165, 1.54) is 21.7 Å². The summed E-state index contributed by atoms with van der Waals surface area (Å²) in [6, 6.07) is 14.2. The average molecular weight is 430 g/mol. The van der Waals surface area contributed by atoms with Gasteiger partial charge in [0.15, 0.2) is 5.13 Å². The van der Waals surface area contributed by atoms with E-state index in [1.807, 2.05) is 31.2 Å². The molecule has 1 saturated heterocycles. The van der Waals surface area contributed by atoms with E-state index in [9.17, 15) is 13.2 Å². The maximum absolute atomic E-state index is 13.4. The molecule has 4 rings (SSSR count). The Morgan fingerprint density at radius 3 is 2.48 bits per heavy atom. The lowest BCUT2D eigenvalue weighted by atomic mass is 10.2. The van der Waals surface area contributed by atoms with Crippen molar-refractivity contribution in [3.05, 3.63) is 54.1 Å². The van der Waals surface area contributed by atoms with E-state index in [4.69, 9.17) is 0 Å². The van der Waals surface area contributed by atoms with Crippen LogP contribution in [0.25, 0.3) is 10.2 Å². The third-order valence-corrected chi connectivity index (χ3v) is 8.14. The van der Waals surface area contributed by atoms with Crippen molar-refractivity contribution < 1.29 is 13.2 Å². The molecule has 2 heterocycles. The van der Waals surface area contributed by atoms with E-state index in [1.54, 1.807) is 23.1 Å². The van der Waals surface area contributed by atoms with Crippen LogP contribution in [-0.2, 0) is 10.0 Å². The molecule has 8 heteroatoms. The molecule has 0 unspecified atom stereocenters. The minimum absolute atomic E-state index is 0.0754. The van der Waals surface area contributed by atoms with Gasteiger partial charge in [-0.15, -0.1) is 0 Å². The molecule has 29 heavy (non-hydrogen) atoms. The first-order valence-electron chi connectivity index (χ1n) is 9.79. The second-order valence-corrected chi connectivity index (χ2v) is 9.89. The van der Waals surface area contributed by atoms with Crippen LogP contribution >= 0.6 is 11.3 Å². The molecule has 1 amide bonds. The number of hydrogen-bond donors (Lipinski definition) is 0. The van der Waals surface area contributed by atoms with Crippen LogP contribution < -0.4 is 4.90 Å². The summed E-state index contributed by atoms with van der Waals surface area (Å²) in [4.78, 5) is 19.6. The largest absolute Gasteiger partial charge is 0.284 e. The van der Waals surface area contributed by atoms with Gasteiger partial charge in [0.1, 0.15) is 0 Å². The Kier molecular flexibility index (Phi) is 5.67. The molecule has 2 aromatic carbocycles. The fourth-order valence-corrected chi connectivity index (χ4v) is 6.33. The SMILES string of the molecule is CCN(C(=O)c1ccccc1S(=O)(=O)N1CCCCC1)c1nc2ccccc2s1. The van der Waals surface area contributed by atoms with Crippen molar-refractivity contribution in [3.8, 4) is 0 Å². The summed E-state index contributed by atoms with van der Waals surface area (Å²) in [7, 11) is -3.72. The Morgan fingerprint density at radius 1 is 1.07 bits per heavy atom. The summed E-state index contributed by atoms with van der Waals surface area (Å²) in [5.74, 6) is -0.345. The van der Waals surface area contributed by atoms with Gasteiger partial charge >= 0.3 is 0 Å². The second-order valence-electron chi connectivity index (χ2n) is 6.97. The Hall–Kier alpha value is -2.29. The molecule has 1 fully saturated rings. The lowest BCUT2D eigenvalue weighted by Crippen LogP contribution is -2.37. The standard InChI is InChI=1S/C21H23N3O3S2/c1-2-24(21-22-17-11-5-6-12-18(17)28-21)20(25)16-10-4-7-13-19(16)29(26,27)23-14-8-3-9-15-23/h4-7,10-13H,2-3,8-9,14-15H2,1H3. The molecule has 1 aromatic heterocycles. The van der Waals surface area contributed by atoms with Crippen molar-refractivity contribution in [2.75, 3.05) is 24.5 Å². The van der Waals surface area contributed by atoms with Crippen molar-refractivity contribution in [2.24, 2.45) is 0 Å². The highest BCUT2D eigenvalue weighted by Gasteiger charge is 2.31. The van der Waals surface area contributed by atoms with Gasteiger partial charge in [-0.3, -0.25) is 9.69 Å².